The fourth-order valence-corrected chi connectivity index (χ4v) is 3.88. The van der Waals surface area contributed by atoms with Gasteiger partial charge in [0.05, 0.1) is 18.1 Å². The molecule has 3 aliphatic rings. The van der Waals surface area contributed by atoms with Crippen LogP contribution in [0.1, 0.15) is 19.3 Å². The first-order valence-corrected chi connectivity index (χ1v) is 9.78. The Labute approximate surface area is 158 Å². The SMILES string of the molecule is CN(C1=NC=C(NCC2CC2)NC1)[C@@H]1CCN(c2ncnc3[nH]ccc23)C1. The number of hydrogen-bond acceptors (Lipinski definition) is 7. The number of aromatic nitrogens is 3. The van der Waals surface area contributed by atoms with Crippen LogP contribution in [0, 0.1) is 5.92 Å². The Balaban J connectivity index is 1.24. The number of H-pyrrole nitrogens is 1. The molecule has 1 aliphatic carbocycles. The summed E-state index contributed by atoms with van der Waals surface area (Å²) in [6.07, 6.45) is 9.31. The number of rotatable bonds is 5. The zero-order chi connectivity index (χ0) is 18.2. The van der Waals surface area contributed by atoms with E-state index in [0.717, 1.165) is 67.0 Å². The molecule has 4 heterocycles. The molecule has 5 rings (SSSR count). The molecule has 27 heavy (non-hydrogen) atoms. The van der Waals surface area contributed by atoms with Crippen LogP contribution in [0.4, 0.5) is 5.82 Å². The van der Waals surface area contributed by atoms with Crippen molar-refractivity contribution in [1.29, 1.82) is 0 Å². The molecule has 0 bridgehead atoms. The van der Waals surface area contributed by atoms with Gasteiger partial charge in [0, 0.05) is 38.9 Å². The van der Waals surface area contributed by atoms with Gasteiger partial charge in [0.15, 0.2) is 0 Å². The van der Waals surface area contributed by atoms with Crippen molar-refractivity contribution in [3.05, 3.63) is 30.6 Å². The van der Waals surface area contributed by atoms with E-state index in [1.54, 1.807) is 6.33 Å². The zero-order valence-corrected chi connectivity index (χ0v) is 15.6. The molecule has 0 radical (unpaired) electrons. The van der Waals surface area contributed by atoms with E-state index in [4.69, 9.17) is 4.99 Å². The summed E-state index contributed by atoms with van der Waals surface area (Å²) in [5.41, 5.74) is 0.897. The Kier molecular flexibility index (Phi) is 4.10. The fourth-order valence-electron chi connectivity index (χ4n) is 3.88. The molecule has 1 saturated carbocycles. The highest BCUT2D eigenvalue weighted by Crippen LogP contribution is 2.28. The summed E-state index contributed by atoms with van der Waals surface area (Å²) in [4.78, 5) is 21.4. The molecule has 3 N–H and O–H groups in total. The predicted molar refractivity (Wildman–Crippen MR) is 107 cm³/mol. The third kappa shape index (κ3) is 3.31. The molecule has 1 atom stereocenters. The van der Waals surface area contributed by atoms with Crippen molar-refractivity contribution >= 4 is 22.7 Å². The third-order valence-electron chi connectivity index (χ3n) is 5.81. The van der Waals surface area contributed by atoms with Gasteiger partial charge in [-0.2, -0.15) is 0 Å². The number of likely N-dealkylation sites (N-methyl/N-ethyl adjacent to an activating group) is 1. The molecular formula is C19H26N8. The van der Waals surface area contributed by atoms with Gasteiger partial charge in [0.25, 0.3) is 0 Å². The van der Waals surface area contributed by atoms with Crippen molar-refractivity contribution in [3.63, 3.8) is 0 Å². The number of hydrogen-bond donors (Lipinski definition) is 3. The number of nitrogens with zero attached hydrogens (tertiary/aromatic N) is 5. The van der Waals surface area contributed by atoms with E-state index in [9.17, 15) is 0 Å². The van der Waals surface area contributed by atoms with Crippen LogP contribution in [0.15, 0.2) is 35.6 Å². The Bertz CT molecular complexity index is 881. The van der Waals surface area contributed by atoms with Crippen molar-refractivity contribution in [2.75, 3.05) is 38.1 Å². The first kappa shape index (κ1) is 16.4. The molecule has 2 aliphatic heterocycles. The van der Waals surface area contributed by atoms with Gasteiger partial charge < -0.3 is 25.4 Å². The molecule has 0 aromatic carbocycles. The van der Waals surface area contributed by atoms with E-state index in [1.807, 2.05) is 12.4 Å². The second-order valence-electron chi connectivity index (χ2n) is 7.70. The summed E-state index contributed by atoms with van der Waals surface area (Å²) in [5.74, 6) is 4.02. The molecule has 2 aromatic rings. The smallest absolute Gasteiger partial charge is 0.142 e. The maximum atomic E-state index is 4.70. The van der Waals surface area contributed by atoms with Crippen molar-refractivity contribution in [1.82, 2.24) is 30.5 Å². The maximum absolute atomic E-state index is 4.70. The van der Waals surface area contributed by atoms with Crippen LogP contribution in [0.3, 0.4) is 0 Å². The van der Waals surface area contributed by atoms with Crippen LogP contribution in [-0.2, 0) is 0 Å². The number of nitrogens with one attached hydrogen (secondary N) is 3. The molecule has 0 unspecified atom stereocenters. The van der Waals surface area contributed by atoms with Crippen LogP contribution in [-0.4, -0.2) is 65.0 Å². The highest BCUT2D eigenvalue weighted by molar-refractivity contribution is 5.88. The van der Waals surface area contributed by atoms with E-state index < -0.39 is 0 Å². The number of aromatic amines is 1. The van der Waals surface area contributed by atoms with Crippen LogP contribution in [0.2, 0.25) is 0 Å². The van der Waals surface area contributed by atoms with Gasteiger partial charge in [-0.1, -0.05) is 0 Å². The van der Waals surface area contributed by atoms with Crippen LogP contribution in [0.5, 0.6) is 0 Å². The topological polar surface area (TPSA) is 84.5 Å². The van der Waals surface area contributed by atoms with Crippen molar-refractivity contribution in [2.24, 2.45) is 10.9 Å². The Morgan fingerprint density at radius 2 is 2.22 bits per heavy atom. The average Bonchev–Trinajstić information content (AvgIpc) is 3.19. The van der Waals surface area contributed by atoms with E-state index in [-0.39, 0.29) is 0 Å². The van der Waals surface area contributed by atoms with Gasteiger partial charge in [-0.25, -0.2) is 15.0 Å². The van der Waals surface area contributed by atoms with Crippen LogP contribution < -0.4 is 15.5 Å². The first-order valence-electron chi connectivity index (χ1n) is 9.78. The van der Waals surface area contributed by atoms with E-state index in [1.165, 1.54) is 12.8 Å². The van der Waals surface area contributed by atoms with Gasteiger partial charge in [0.1, 0.15) is 29.4 Å². The van der Waals surface area contributed by atoms with Crippen molar-refractivity contribution in [2.45, 2.75) is 25.3 Å². The number of anilines is 1. The largest absolute Gasteiger partial charge is 0.370 e. The lowest BCUT2D eigenvalue weighted by Crippen LogP contribution is -2.45. The standard InChI is InChI=1S/C19H26N8/c1-26(17-10-22-16(9-23-17)21-8-13-2-3-13)14-5-7-27(11-14)19-15-4-6-20-18(15)24-12-25-19/h4,6,9,12-14,21-22H,2-3,5,7-8,10-11H2,1H3,(H,20,24,25)/t14-/m1/s1. The molecular weight excluding hydrogens is 340 g/mol. The van der Waals surface area contributed by atoms with Gasteiger partial charge in [-0.15, -0.1) is 0 Å². The molecule has 2 fully saturated rings. The molecule has 8 nitrogen and oxygen atoms in total. The Morgan fingerprint density at radius 1 is 1.30 bits per heavy atom. The quantitative estimate of drug-likeness (QED) is 0.739. The van der Waals surface area contributed by atoms with E-state index in [2.05, 4.69) is 48.5 Å². The molecule has 8 heteroatoms. The average molecular weight is 366 g/mol. The summed E-state index contributed by atoms with van der Waals surface area (Å²) in [6.45, 7) is 3.77. The summed E-state index contributed by atoms with van der Waals surface area (Å²) >= 11 is 0. The van der Waals surface area contributed by atoms with E-state index in [0.29, 0.717) is 6.04 Å². The van der Waals surface area contributed by atoms with Gasteiger partial charge in [-0.3, -0.25) is 0 Å². The molecule has 0 amide bonds. The Hall–Kier alpha value is -2.77. The summed E-state index contributed by atoms with van der Waals surface area (Å²) in [7, 11) is 2.15. The zero-order valence-electron chi connectivity index (χ0n) is 15.6. The minimum absolute atomic E-state index is 0.434. The lowest BCUT2D eigenvalue weighted by Gasteiger charge is -2.30. The second-order valence-corrected chi connectivity index (χ2v) is 7.70. The summed E-state index contributed by atoms with van der Waals surface area (Å²) < 4.78 is 0. The predicted octanol–water partition coefficient (Wildman–Crippen LogP) is 1.27. The first-order chi connectivity index (χ1) is 13.3. The second kappa shape index (κ2) is 6.75. The van der Waals surface area contributed by atoms with E-state index >= 15 is 0 Å². The van der Waals surface area contributed by atoms with Crippen LogP contribution in [0.25, 0.3) is 11.0 Å². The molecule has 2 aromatic heterocycles. The molecule has 142 valence electrons. The normalized spacial score (nSPS) is 22.4. The maximum Gasteiger partial charge on any atom is 0.142 e. The van der Waals surface area contributed by atoms with Crippen molar-refractivity contribution < 1.29 is 0 Å². The lowest BCUT2D eigenvalue weighted by molar-refractivity contribution is 0.383. The summed E-state index contributed by atoms with van der Waals surface area (Å²) in [6, 6.07) is 2.49. The van der Waals surface area contributed by atoms with Gasteiger partial charge >= 0.3 is 0 Å². The number of amidine groups is 1. The highest BCUT2D eigenvalue weighted by atomic mass is 15.3. The monoisotopic (exact) mass is 366 g/mol. The highest BCUT2D eigenvalue weighted by Gasteiger charge is 2.30. The minimum Gasteiger partial charge on any atom is -0.370 e. The summed E-state index contributed by atoms with van der Waals surface area (Å²) in [5, 5.41) is 8.00. The minimum atomic E-state index is 0.434. The number of fused-ring (bicyclic) bond motifs is 1. The van der Waals surface area contributed by atoms with Crippen molar-refractivity contribution in [3.8, 4) is 0 Å². The lowest BCUT2D eigenvalue weighted by atomic mass is 10.2. The van der Waals surface area contributed by atoms with Gasteiger partial charge in [0.2, 0.25) is 0 Å². The third-order valence-corrected chi connectivity index (χ3v) is 5.81. The molecule has 1 saturated heterocycles. The number of aliphatic imine (C=N–C) groups is 1. The van der Waals surface area contributed by atoms with Crippen LogP contribution >= 0.6 is 0 Å². The fraction of sp³-hybridized carbons (Fsp3) is 0.526. The van der Waals surface area contributed by atoms with Gasteiger partial charge in [-0.05, 0) is 31.2 Å². The Morgan fingerprint density at radius 3 is 3.04 bits per heavy atom. The molecule has 0 spiro atoms.